The van der Waals surface area contributed by atoms with Crippen molar-refractivity contribution in [2.24, 2.45) is 0 Å². The van der Waals surface area contributed by atoms with Gasteiger partial charge in [0.05, 0.1) is 0 Å². The summed E-state index contributed by atoms with van der Waals surface area (Å²) >= 11 is 7.30. The van der Waals surface area contributed by atoms with Gasteiger partial charge in [-0.25, -0.2) is 0 Å². The summed E-state index contributed by atoms with van der Waals surface area (Å²) in [5, 5.41) is 1.94. The monoisotopic (exact) mass is 1240 g/mol. The number of aromatic nitrogens is 2. The van der Waals surface area contributed by atoms with Gasteiger partial charge < -0.3 is 49.2 Å². The van der Waals surface area contributed by atoms with E-state index in [0.717, 1.165) is 54.7 Å². The van der Waals surface area contributed by atoms with Crippen LogP contribution in [0.15, 0.2) is 126 Å². The van der Waals surface area contributed by atoms with E-state index in [4.69, 9.17) is 9.97 Å². The summed E-state index contributed by atoms with van der Waals surface area (Å²) < 4.78 is 0. The van der Waals surface area contributed by atoms with Crippen LogP contribution in [0.5, 0.6) is 0 Å². The summed E-state index contributed by atoms with van der Waals surface area (Å²) in [6.07, 6.45) is 20.4. The van der Waals surface area contributed by atoms with Gasteiger partial charge in [-0.2, -0.15) is 108 Å². The van der Waals surface area contributed by atoms with Gasteiger partial charge in [0, 0.05) is 19.6 Å². The summed E-state index contributed by atoms with van der Waals surface area (Å²) in [7, 11) is 8.17. The fourth-order valence-electron chi connectivity index (χ4n) is 8.80. The molecule has 10 heterocycles. The SMILES string of the molecule is CN1C=CN(c2[c-]c3c(cc2)Sc2c4c5c(c6c2B3c2[c-]c(N3C=CN(C)[CH-]3)cnc2S6)Sc2ncc(N3C=CN(C)[CH-]3)[c-]c2B5c2[c-]c(N3C=CN(C)[CH-]3)ccc2S4)[CH-]1.[Pt+4].[Pt+4]. The third-order valence-electron chi connectivity index (χ3n) is 11.6. The number of benzene rings is 3. The van der Waals surface area contributed by atoms with Gasteiger partial charge in [-0.15, -0.1) is 56.8 Å². The Hall–Kier alpha value is -3.77. The molecule has 0 saturated carbocycles. The second-order valence-electron chi connectivity index (χ2n) is 15.6. The molecule has 10 nitrogen and oxygen atoms in total. The van der Waals surface area contributed by atoms with E-state index >= 15 is 0 Å². The molecule has 18 heteroatoms. The van der Waals surface area contributed by atoms with Gasteiger partial charge in [-0.05, 0) is 98.8 Å². The Bertz CT molecular complexity index is 2490. The Morgan fingerprint density at radius 1 is 0.435 bits per heavy atom. The quantitative estimate of drug-likeness (QED) is 0.189. The van der Waals surface area contributed by atoms with Crippen LogP contribution >= 0.6 is 47.0 Å². The molecule has 0 unspecified atom stereocenters. The van der Waals surface area contributed by atoms with E-state index in [1.165, 1.54) is 40.3 Å². The molecule has 306 valence electrons. The third kappa shape index (κ3) is 6.36. The van der Waals surface area contributed by atoms with Crippen LogP contribution < -0.4 is 52.4 Å². The van der Waals surface area contributed by atoms with Crippen LogP contribution in [0, 0.1) is 50.9 Å². The van der Waals surface area contributed by atoms with E-state index in [9.17, 15) is 0 Å². The number of hydrogen-bond donors (Lipinski definition) is 0. The van der Waals surface area contributed by atoms with E-state index in [2.05, 4.69) is 142 Å². The fourth-order valence-corrected chi connectivity index (χ4v) is 14.0. The largest absolute Gasteiger partial charge is 4.00 e. The van der Waals surface area contributed by atoms with E-state index < -0.39 is 0 Å². The van der Waals surface area contributed by atoms with E-state index in [-0.39, 0.29) is 55.6 Å². The Morgan fingerprint density at radius 2 is 0.774 bits per heavy atom. The van der Waals surface area contributed by atoms with Crippen molar-refractivity contribution in [1.82, 2.24) is 29.6 Å². The van der Waals surface area contributed by atoms with E-state index in [0.29, 0.717) is 0 Å². The minimum absolute atomic E-state index is 0. The van der Waals surface area contributed by atoms with Gasteiger partial charge in [0.25, 0.3) is 0 Å². The Kier molecular flexibility index (Phi) is 10.2. The van der Waals surface area contributed by atoms with Crippen LogP contribution in [-0.4, -0.2) is 71.2 Å². The first-order valence-corrected chi connectivity index (χ1v) is 22.6. The van der Waals surface area contributed by atoms with Crippen LogP contribution in [0.3, 0.4) is 0 Å². The number of anilines is 4. The molecule has 5 aromatic rings. The number of rotatable bonds is 4. The molecule has 0 bridgehead atoms. The number of nitrogens with zero attached hydrogens (tertiary/aromatic N) is 10. The maximum Gasteiger partial charge on any atom is 4.00 e. The molecule has 8 aliphatic heterocycles. The van der Waals surface area contributed by atoms with Crippen LogP contribution in [-0.2, 0) is 42.1 Å². The number of pyridine rings is 2. The molecule has 0 N–H and O–H groups in total. The number of hydrogen-bond acceptors (Lipinski definition) is 14. The molecule has 0 fully saturated rings. The zero-order valence-electron chi connectivity index (χ0n) is 33.3. The molecule has 0 amide bonds. The summed E-state index contributed by atoms with van der Waals surface area (Å²) in [5.74, 6) is 0. The second-order valence-corrected chi connectivity index (χ2v) is 19.7. The first kappa shape index (κ1) is 41.0. The fraction of sp³-hybridized carbons (Fsp3) is 0.0909. The van der Waals surface area contributed by atoms with Crippen LogP contribution in [0.2, 0.25) is 0 Å². The molecular weight excluding hydrogens is 1210 g/mol. The first-order chi connectivity index (χ1) is 29.3. The van der Waals surface area contributed by atoms with Crippen molar-refractivity contribution in [3.05, 3.63) is 137 Å². The summed E-state index contributed by atoms with van der Waals surface area (Å²) in [4.78, 5) is 34.6. The third-order valence-corrected chi connectivity index (χ3v) is 16.5. The van der Waals surface area contributed by atoms with E-state index in [1.54, 1.807) is 23.5 Å². The van der Waals surface area contributed by atoms with Gasteiger partial charge in [-0.1, -0.05) is 23.8 Å². The average Bonchev–Trinajstić information content (AvgIpc) is 4.10. The molecule has 8 aliphatic rings. The molecule has 0 aliphatic carbocycles. The van der Waals surface area contributed by atoms with Gasteiger partial charge in [0.2, 0.25) is 0 Å². The van der Waals surface area contributed by atoms with Crippen molar-refractivity contribution in [3.63, 3.8) is 0 Å². The predicted molar refractivity (Wildman–Crippen MR) is 244 cm³/mol. The topological polar surface area (TPSA) is 51.7 Å². The summed E-state index contributed by atoms with van der Waals surface area (Å²) in [5.41, 5.74) is 10.9. The zero-order chi connectivity index (χ0) is 40.0. The minimum Gasteiger partial charge on any atom is -0.510 e. The normalized spacial score (nSPS) is 17.9. The molecule has 2 aromatic heterocycles. The van der Waals surface area contributed by atoms with Gasteiger partial charge in [0.15, 0.2) is 13.4 Å². The summed E-state index contributed by atoms with van der Waals surface area (Å²) in [6, 6.07) is 24.6. The van der Waals surface area contributed by atoms with Crippen LogP contribution in [0.1, 0.15) is 0 Å². The van der Waals surface area contributed by atoms with Crippen LogP contribution in [0.25, 0.3) is 0 Å². The van der Waals surface area contributed by atoms with E-state index in [1.807, 2.05) is 86.3 Å². The van der Waals surface area contributed by atoms with Crippen LogP contribution in [0.4, 0.5) is 22.7 Å². The maximum atomic E-state index is 5.23. The van der Waals surface area contributed by atoms with Crippen molar-refractivity contribution in [1.29, 1.82) is 0 Å². The zero-order valence-corrected chi connectivity index (χ0v) is 41.1. The maximum absolute atomic E-state index is 5.23. The average molecular weight is 1240 g/mol. The smallest absolute Gasteiger partial charge is 0.510 e. The Balaban J connectivity index is 0.00000216. The van der Waals surface area contributed by atoms with Crippen molar-refractivity contribution in [2.75, 3.05) is 47.8 Å². The van der Waals surface area contributed by atoms with Gasteiger partial charge >= 0.3 is 42.1 Å². The van der Waals surface area contributed by atoms with Crippen molar-refractivity contribution in [3.8, 4) is 0 Å². The van der Waals surface area contributed by atoms with Crippen molar-refractivity contribution in [2.45, 2.75) is 39.4 Å². The second kappa shape index (κ2) is 15.4. The standard InChI is InChI=1S/C44H30B2N10S4.2Pt/c1-49-9-13-53(23-49)27-5-7-35-31(17-27)45-33-19-29(55-15-11-51(3)25-55)21-47-43(33)59-41-37(45)39(57-35)40-38-42(41)60-44-34(20-30(22-48-44)56-16-12-52(4)26-56)46(38)32-18-28(6-8-36(32)58-40)54-14-10-50(2)24-54;;/h5-16,21-26H,1-4H3;;/q-8;2*+4. The predicted octanol–water partition coefficient (Wildman–Crippen LogP) is 3.93. The number of fused-ring (bicyclic) bond motifs is 10. The van der Waals surface area contributed by atoms with Crippen molar-refractivity contribution >= 4 is 116 Å². The Morgan fingerprint density at radius 3 is 1.13 bits per heavy atom. The molecular formula is C44H30B2N10Pt2S4. The Labute approximate surface area is 408 Å². The minimum atomic E-state index is -0.132. The van der Waals surface area contributed by atoms with Crippen molar-refractivity contribution < 1.29 is 42.1 Å². The molecule has 0 saturated heterocycles. The molecule has 0 atom stereocenters. The molecule has 13 rings (SSSR count). The molecule has 0 radical (unpaired) electrons. The molecule has 3 aromatic carbocycles. The first-order valence-electron chi connectivity index (χ1n) is 19.4. The molecule has 62 heavy (non-hydrogen) atoms. The van der Waals surface area contributed by atoms with Gasteiger partial charge in [-0.3, -0.25) is 0 Å². The summed E-state index contributed by atoms with van der Waals surface area (Å²) in [6.45, 7) is 8.03. The molecule has 0 spiro atoms. The van der Waals surface area contributed by atoms with Gasteiger partial charge in [0.1, 0.15) is 0 Å².